The van der Waals surface area contributed by atoms with Gasteiger partial charge in [0.05, 0.1) is 40.1 Å². The Morgan fingerprint density at radius 1 is 1.16 bits per heavy atom. The number of carbonyl (C=O) groups is 2. The van der Waals surface area contributed by atoms with E-state index in [9.17, 15) is 24.5 Å². The van der Waals surface area contributed by atoms with Crippen molar-refractivity contribution in [2.45, 2.75) is 26.8 Å². The standard InChI is InChI=1S/C26H22N4O6S/c1-4-28-18-12-7-6-11-17(18)20(23(28)31)22-24(32)29-21(15-9-8-10-16(13-15)30(34)35)19(25(33)36-5-2)14(3)27-26(29)37-22/h6-13,21H,4-5H2,1-3H3/t21-/m0/s1. The molecule has 0 N–H and O–H groups in total. The molecule has 2 aliphatic heterocycles. The predicted octanol–water partition coefficient (Wildman–Crippen LogP) is 2.44. The van der Waals surface area contributed by atoms with Gasteiger partial charge in [0.1, 0.15) is 4.53 Å². The van der Waals surface area contributed by atoms with E-state index in [1.54, 1.807) is 36.9 Å². The highest BCUT2D eigenvalue weighted by Gasteiger charge is 2.37. The number of anilines is 1. The van der Waals surface area contributed by atoms with Gasteiger partial charge in [0, 0.05) is 24.2 Å². The van der Waals surface area contributed by atoms with Crippen LogP contribution >= 0.6 is 11.3 Å². The van der Waals surface area contributed by atoms with E-state index < -0.39 is 22.5 Å². The summed E-state index contributed by atoms with van der Waals surface area (Å²) < 4.78 is 6.79. The molecule has 37 heavy (non-hydrogen) atoms. The molecule has 5 rings (SSSR count). The van der Waals surface area contributed by atoms with Crippen molar-refractivity contribution in [3.63, 3.8) is 0 Å². The summed E-state index contributed by atoms with van der Waals surface area (Å²) in [6.07, 6.45) is 0. The first-order chi connectivity index (χ1) is 17.8. The molecule has 0 bridgehead atoms. The number of hydrogen-bond donors (Lipinski definition) is 0. The number of para-hydroxylation sites is 1. The minimum absolute atomic E-state index is 0.101. The van der Waals surface area contributed by atoms with Crippen molar-refractivity contribution in [2.75, 3.05) is 18.1 Å². The van der Waals surface area contributed by atoms with Gasteiger partial charge in [0.15, 0.2) is 4.80 Å². The first kappa shape index (κ1) is 24.3. The molecule has 1 atom stereocenters. The Balaban J connectivity index is 1.84. The van der Waals surface area contributed by atoms with Crippen molar-refractivity contribution in [2.24, 2.45) is 4.99 Å². The van der Waals surface area contributed by atoms with Gasteiger partial charge in [-0.2, -0.15) is 0 Å². The molecule has 1 amide bonds. The minimum atomic E-state index is -1.02. The Morgan fingerprint density at radius 2 is 1.92 bits per heavy atom. The average molecular weight is 519 g/mol. The van der Waals surface area contributed by atoms with Gasteiger partial charge in [-0.25, -0.2) is 9.79 Å². The van der Waals surface area contributed by atoms with Gasteiger partial charge in [-0.05, 0) is 32.4 Å². The lowest BCUT2D eigenvalue weighted by Crippen LogP contribution is -2.41. The van der Waals surface area contributed by atoms with E-state index in [1.807, 2.05) is 19.1 Å². The number of benzene rings is 2. The summed E-state index contributed by atoms with van der Waals surface area (Å²) in [5.41, 5.74) is 1.75. The van der Waals surface area contributed by atoms with Gasteiger partial charge in [0.25, 0.3) is 17.2 Å². The molecule has 10 nitrogen and oxygen atoms in total. The highest BCUT2D eigenvalue weighted by atomic mass is 32.1. The van der Waals surface area contributed by atoms with E-state index in [2.05, 4.69) is 4.99 Å². The Bertz CT molecular complexity index is 1700. The van der Waals surface area contributed by atoms with Crippen LogP contribution in [0.25, 0.3) is 5.57 Å². The normalized spacial score (nSPS) is 17.9. The molecule has 0 saturated heterocycles. The average Bonchev–Trinajstić information content (AvgIpc) is 3.35. The van der Waals surface area contributed by atoms with Crippen LogP contribution in [0.3, 0.4) is 0 Å². The van der Waals surface area contributed by atoms with E-state index >= 15 is 0 Å². The first-order valence-electron chi connectivity index (χ1n) is 11.7. The number of carbonyl (C=O) groups excluding carboxylic acids is 2. The second-order valence-electron chi connectivity index (χ2n) is 8.42. The fourth-order valence-electron chi connectivity index (χ4n) is 4.78. The number of ether oxygens (including phenoxy) is 1. The summed E-state index contributed by atoms with van der Waals surface area (Å²) in [6, 6.07) is 12.0. The second-order valence-corrected chi connectivity index (χ2v) is 9.39. The Hall–Kier alpha value is -4.38. The zero-order valence-electron chi connectivity index (χ0n) is 20.3. The van der Waals surface area contributed by atoms with E-state index in [1.165, 1.54) is 22.8 Å². The lowest BCUT2D eigenvalue weighted by atomic mass is 9.95. The fourth-order valence-corrected chi connectivity index (χ4v) is 5.92. The predicted molar refractivity (Wildman–Crippen MR) is 137 cm³/mol. The summed E-state index contributed by atoms with van der Waals surface area (Å²) >= 11 is 1.06. The van der Waals surface area contributed by atoms with Crippen LogP contribution in [0.15, 0.2) is 69.6 Å². The maximum atomic E-state index is 14.0. The molecular weight excluding hydrogens is 496 g/mol. The molecule has 0 aliphatic carbocycles. The summed E-state index contributed by atoms with van der Waals surface area (Å²) in [5, 5.41) is 11.5. The van der Waals surface area contributed by atoms with E-state index in [0.29, 0.717) is 23.4 Å². The van der Waals surface area contributed by atoms with Crippen molar-refractivity contribution in [1.82, 2.24) is 4.57 Å². The van der Waals surface area contributed by atoms with Gasteiger partial charge in [0.2, 0.25) is 0 Å². The zero-order valence-corrected chi connectivity index (χ0v) is 21.1. The number of esters is 1. The SMILES string of the molecule is CCOC(=O)C1=C(C)N=c2sc(=C3C(=O)N(CC)c4ccccc43)c(=O)n2[C@H]1c1cccc([N+](=O)[O-])c1. The number of fused-ring (bicyclic) bond motifs is 2. The Morgan fingerprint density at radius 3 is 2.62 bits per heavy atom. The van der Waals surface area contributed by atoms with Crippen molar-refractivity contribution in [1.29, 1.82) is 0 Å². The monoisotopic (exact) mass is 518 g/mol. The summed E-state index contributed by atoms with van der Waals surface area (Å²) in [6.45, 7) is 5.68. The largest absolute Gasteiger partial charge is 0.463 e. The number of non-ortho nitro benzene ring substituents is 1. The van der Waals surface area contributed by atoms with Crippen LogP contribution in [0, 0.1) is 10.1 Å². The maximum Gasteiger partial charge on any atom is 0.338 e. The van der Waals surface area contributed by atoms with Gasteiger partial charge >= 0.3 is 5.97 Å². The van der Waals surface area contributed by atoms with Crippen LogP contribution in [0.4, 0.5) is 11.4 Å². The highest BCUT2D eigenvalue weighted by Crippen LogP contribution is 2.35. The molecule has 2 aromatic carbocycles. The zero-order chi connectivity index (χ0) is 26.4. The molecule has 0 radical (unpaired) electrons. The molecular formula is C26H22N4O6S. The number of likely N-dealkylation sites (N-methyl/N-ethyl adjacent to an activating group) is 1. The van der Waals surface area contributed by atoms with Crippen LogP contribution in [0.5, 0.6) is 0 Å². The molecule has 0 fully saturated rings. The molecule has 0 saturated carbocycles. The smallest absolute Gasteiger partial charge is 0.338 e. The van der Waals surface area contributed by atoms with E-state index in [-0.39, 0.29) is 38.7 Å². The van der Waals surface area contributed by atoms with Crippen molar-refractivity contribution >= 4 is 40.2 Å². The second kappa shape index (κ2) is 9.25. The van der Waals surface area contributed by atoms with Crippen molar-refractivity contribution < 1.29 is 19.2 Å². The van der Waals surface area contributed by atoms with Crippen LogP contribution in [0.1, 0.15) is 37.9 Å². The molecule has 188 valence electrons. The maximum absolute atomic E-state index is 14.0. The molecule has 3 aromatic rings. The summed E-state index contributed by atoms with van der Waals surface area (Å²) in [7, 11) is 0. The lowest BCUT2D eigenvalue weighted by molar-refractivity contribution is -0.384. The van der Waals surface area contributed by atoms with Crippen LogP contribution < -0.4 is 19.8 Å². The number of hydrogen-bond acceptors (Lipinski definition) is 8. The number of aromatic nitrogens is 1. The lowest BCUT2D eigenvalue weighted by Gasteiger charge is -2.24. The van der Waals surface area contributed by atoms with Gasteiger partial charge in [-0.1, -0.05) is 41.7 Å². The number of nitro groups is 1. The highest BCUT2D eigenvalue weighted by molar-refractivity contribution is 7.07. The molecule has 3 heterocycles. The number of thiazole rings is 1. The quantitative estimate of drug-likeness (QED) is 0.290. The number of nitro benzene ring substituents is 1. The van der Waals surface area contributed by atoms with Gasteiger partial charge in [-0.15, -0.1) is 0 Å². The van der Waals surface area contributed by atoms with Crippen LogP contribution in [0.2, 0.25) is 0 Å². The Labute approximate surface area is 214 Å². The molecule has 0 unspecified atom stereocenters. The minimum Gasteiger partial charge on any atom is -0.463 e. The van der Waals surface area contributed by atoms with E-state index in [0.717, 1.165) is 17.0 Å². The fraction of sp³-hybridized carbons (Fsp3) is 0.231. The van der Waals surface area contributed by atoms with Crippen LogP contribution in [-0.4, -0.2) is 34.5 Å². The summed E-state index contributed by atoms with van der Waals surface area (Å²) in [4.78, 5) is 57.8. The number of amides is 1. The van der Waals surface area contributed by atoms with Crippen LogP contribution in [-0.2, 0) is 14.3 Å². The topological polar surface area (TPSA) is 124 Å². The molecule has 11 heteroatoms. The van der Waals surface area contributed by atoms with Gasteiger partial charge in [-0.3, -0.25) is 24.3 Å². The third-order valence-corrected chi connectivity index (χ3v) is 7.41. The molecule has 1 aromatic heterocycles. The Kier molecular flexibility index (Phi) is 6.08. The summed E-state index contributed by atoms with van der Waals surface area (Å²) in [5.74, 6) is -0.958. The van der Waals surface area contributed by atoms with Gasteiger partial charge < -0.3 is 9.64 Å². The number of rotatable bonds is 5. The van der Waals surface area contributed by atoms with Crippen molar-refractivity contribution in [3.05, 3.63) is 101 Å². The number of allylic oxidation sites excluding steroid dienone is 1. The van der Waals surface area contributed by atoms with Crippen molar-refractivity contribution in [3.8, 4) is 0 Å². The molecule has 0 spiro atoms. The number of nitrogens with zero attached hydrogens (tertiary/aromatic N) is 4. The third-order valence-electron chi connectivity index (χ3n) is 6.36. The first-order valence-corrected chi connectivity index (χ1v) is 12.5. The third kappa shape index (κ3) is 3.78. The molecule has 2 aliphatic rings. The van der Waals surface area contributed by atoms with E-state index in [4.69, 9.17) is 4.74 Å².